The lowest BCUT2D eigenvalue weighted by atomic mass is 9.79. The Hall–Kier alpha value is -1.58. The van der Waals surface area contributed by atoms with Crippen molar-refractivity contribution in [2.24, 2.45) is 11.8 Å². The summed E-state index contributed by atoms with van der Waals surface area (Å²) < 4.78 is 9.73. The van der Waals surface area contributed by atoms with Crippen LogP contribution in [0.2, 0.25) is 0 Å². The van der Waals surface area contributed by atoms with Crippen LogP contribution in [-0.2, 0) is 19.1 Å². The van der Waals surface area contributed by atoms with E-state index in [2.05, 4.69) is 12.2 Å². The van der Waals surface area contributed by atoms with Crippen LogP contribution in [0.4, 0.5) is 0 Å². The van der Waals surface area contributed by atoms with Crippen LogP contribution in [-0.4, -0.2) is 26.2 Å². The van der Waals surface area contributed by atoms with Gasteiger partial charge >= 0.3 is 11.9 Å². The molecule has 0 fully saturated rings. The third-order valence-electron chi connectivity index (χ3n) is 3.95. The van der Waals surface area contributed by atoms with Gasteiger partial charge in [0, 0.05) is 11.8 Å². The van der Waals surface area contributed by atoms with Crippen LogP contribution in [0.15, 0.2) is 23.3 Å². The Bertz CT molecular complexity index is 395. The monoisotopic (exact) mass is 264 g/mol. The summed E-state index contributed by atoms with van der Waals surface area (Å²) in [6.07, 6.45) is 9.14. The molecule has 2 bridgehead atoms. The van der Waals surface area contributed by atoms with Gasteiger partial charge < -0.3 is 9.47 Å². The molecule has 19 heavy (non-hydrogen) atoms. The summed E-state index contributed by atoms with van der Waals surface area (Å²) in [5.74, 6) is -0.838. The maximum atomic E-state index is 12.0. The molecule has 0 spiro atoms. The number of allylic oxidation sites excluding steroid dienone is 2. The lowest BCUT2D eigenvalue weighted by Crippen LogP contribution is -2.26. The molecule has 0 aliphatic heterocycles. The van der Waals surface area contributed by atoms with E-state index < -0.39 is 11.9 Å². The highest BCUT2D eigenvalue weighted by atomic mass is 16.5. The first kappa shape index (κ1) is 13.8. The van der Waals surface area contributed by atoms with E-state index in [1.807, 2.05) is 0 Å². The molecule has 2 unspecified atom stereocenters. The van der Waals surface area contributed by atoms with Crippen molar-refractivity contribution < 1.29 is 19.1 Å². The predicted octanol–water partition coefficient (Wildman–Crippen LogP) is 2.40. The van der Waals surface area contributed by atoms with Gasteiger partial charge in [0.25, 0.3) is 0 Å². The quantitative estimate of drug-likeness (QED) is 0.567. The lowest BCUT2D eigenvalue weighted by Gasteiger charge is -2.26. The second-order valence-electron chi connectivity index (χ2n) is 5.05. The zero-order chi connectivity index (χ0) is 13.8. The molecule has 2 atom stereocenters. The van der Waals surface area contributed by atoms with E-state index in [1.165, 1.54) is 14.2 Å². The Balaban J connectivity index is 2.49. The summed E-state index contributed by atoms with van der Waals surface area (Å²) in [5.41, 5.74) is 1.01. The molecular weight excluding hydrogens is 244 g/mol. The second-order valence-corrected chi connectivity index (χ2v) is 5.05. The standard InChI is InChI=1S/C15H20O4/c1-18-14(16)12-10-6-4-3-5-7-11(9-8-10)13(12)15(17)19-2/h8-11H,3-7H2,1-2H3. The molecule has 0 heterocycles. The van der Waals surface area contributed by atoms with Crippen molar-refractivity contribution in [1.82, 2.24) is 0 Å². The Morgan fingerprint density at radius 1 is 0.895 bits per heavy atom. The van der Waals surface area contributed by atoms with E-state index in [1.54, 1.807) is 0 Å². The molecule has 0 aromatic heterocycles. The number of carbonyl (C=O) groups excluding carboxylic acids is 2. The number of rotatable bonds is 2. The van der Waals surface area contributed by atoms with Gasteiger partial charge in [0.15, 0.2) is 0 Å². The highest BCUT2D eigenvalue weighted by Gasteiger charge is 2.35. The van der Waals surface area contributed by atoms with Gasteiger partial charge in [0.05, 0.1) is 25.4 Å². The van der Waals surface area contributed by atoms with E-state index in [-0.39, 0.29) is 11.8 Å². The molecule has 4 heteroatoms. The first-order valence-electron chi connectivity index (χ1n) is 6.78. The average molecular weight is 264 g/mol. The summed E-state index contributed by atoms with van der Waals surface area (Å²) in [6.45, 7) is 0. The van der Waals surface area contributed by atoms with Crippen LogP contribution in [0, 0.1) is 11.8 Å². The molecule has 0 N–H and O–H groups in total. The first-order chi connectivity index (χ1) is 9.19. The summed E-state index contributed by atoms with van der Waals surface area (Å²) >= 11 is 0. The number of hydrogen-bond donors (Lipinski definition) is 0. The first-order valence-corrected chi connectivity index (χ1v) is 6.78. The minimum Gasteiger partial charge on any atom is -0.466 e. The molecule has 104 valence electrons. The molecular formula is C15H20O4. The van der Waals surface area contributed by atoms with Gasteiger partial charge in [-0.3, -0.25) is 0 Å². The largest absolute Gasteiger partial charge is 0.466 e. The summed E-state index contributed by atoms with van der Waals surface area (Å²) in [6, 6.07) is 0. The highest BCUT2D eigenvalue weighted by molar-refractivity contribution is 6.02. The van der Waals surface area contributed by atoms with E-state index in [9.17, 15) is 9.59 Å². The van der Waals surface area contributed by atoms with Gasteiger partial charge in [-0.05, 0) is 12.8 Å². The zero-order valence-electron chi connectivity index (χ0n) is 11.5. The maximum Gasteiger partial charge on any atom is 0.334 e. The van der Waals surface area contributed by atoms with E-state index in [0.717, 1.165) is 32.1 Å². The van der Waals surface area contributed by atoms with Crippen molar-refractivity contribution in [3.63, 3.8) is 0 Å². The zero-order valence-corrected chi connectivity index (χ0v) is 11.5. The van der Waals surface area contributed by atoms with Crippen LogP contribution in [0.5, 0.6) is 0 Å². The third-order valence-corrected chi connectivity index (χ3v) is 3.95. The van der Waals surface area contributed by atoms with Gasteiger partial charge in [-0.25, -0.2) is 9.59 Å². The molecule has 3 rings (SSSR count). The third kappa shape index (κ3) is 2.72. The molecule has 0 aromatic carbocycles. The predicted molar refractivity (Wildman–Crippen MR) is 70.3 cm³/mol. The Morgan fingerprint density at radius 2 is 1.32 bits per heavy atom. The molecule has 4 nitrogen and oxygen atoms in total. The molecule has 0 saturated carbocycles. The second kappa shape index (κ2) is 6.04. The van der Waals surface area contributed by atoms with Gasteiger partial charge in [0.1, 0.15) is 0 Å². The van der Waals surface area contributed by atoms with Crippen LogP contribution in [0.25, 0.3) is 0 Å². The van der Waals surface area contributed by atoms with Crippen molar-refractivity contribution >= 4 is 11.9 Å². The molecule has 3 aliphatic carbocycles. The highest BCUT2D eigenvalue weighted by Crippen LogP contribution is 2.37. The van der Waals surface area contributed by atoms with E-state index in [0.29, 0.717) is 11.1 Å². The van der Waals surface area contributed by atoms with E-state index >= 15 is 0 Å². The van der Waals surface area contributed by atoms with Crippen LogP contribution >= 0.6 is 0 Å². The SMILES string of the molecule is COC(=O)C1=C(C(=O)OC)C2C=CC1CCCCC2. The Labute approximate surface area is 113 Å². The Kier molecular flexibility index (Phi) is 4.40. The topological polar surface area (TPSA) is 52.6 Å². The van der Waals surface area contributed by atoms with E-state index in [4.69, 9.17) is 9.47 Å². The van der Waals surface area contributed by atoms with Gasteiger partial charge in [-0.2, -0.15) is 0 Å². The number of fused-ring (bicyclic) bond motifs is 4. The van der Waals surface area contributed by atoms with Crippen molar-refractivity contribution in [2.75, 3.05) is 14.2 Å². The van der Waals surface area contributed by atoms with Crippen molar-refractivity contribution in [2.45, 2.75) is 32.1 Å². The van der Waals surface area contributed by atoms with Gasteiger partial charge in [-0.15, -0.1) is 0 Å². The molecule has 0 radical (unpaired) electrons. The molecule has 3 aliphatic rings. The van der Waals surface area contributed by atoms with Gasteiger partial charge in [-0.1, -0.05) is 31.4 Å². The van der Waals surface area contributed by atoms with Crippen LogP contribution in [0.3, 0.4) is 0 Å². The van der Waals surface area contributed by atoms with Crippen LogP contribution in [0.1, 0.15) is 32.1 Å². The maximum absolute atomic E-state index is 12.0. The summed E-state index contributed by atoms with van der Waals surface area (Å²) in [5, 5.41) is 0. The number of hydrogen-bond acceptors (Lipinski definition) is 4. The minimum absolute atomic E-state index is 0.0177. The molecule has 0 amide bonds. The fourth-order valence-corrected chi connectivity index (χ4v) is 2.99. The normalized spacial score (nSPS) is 26.4. The minimum atomic E-state index is -0.401. The molecule has 0 saturated heterocycles. The summed E-state index contributed by atoms with van der Waals surface area (Å²) in [4.78, 5) is 24.1. The number of ether oxygens (including phenoxy) is 2. The lowest BCUT2D eigenvalue weighted by molar-refractivity contribution is -0.140. The van der Waals surface area contributed by atoms with Crippen molar-refractivity contribution in [1.29, 1.82) is 0 Å². The van der Waals surface area contributed by atoms with Crippen LogP contribution < -0.4 is 0 Å². The Morgan fingerprint density at radius 3 is 1.68 bits per heavy atom. The fraction of sp³-hybridized carbons (Fsp3) is 0.600. The number of methoxy groups -OCH3 is 2. The molecule has 0 aromatic rings. The average Bonchev–Trinajstić information content (AvgIpc) is 2.61. The number of esters is 2. The van der Waals surface area contributed by atoms with Gasteiger partial charge in [0.2, 0.25) is 0 Å². The summed E-state index contributed by atoms with van der Waals surface area (Å²) in [7, 11) is 2.71. The smallest absolute Gasteiger partial charge is 0.334 e. The fourth-order valence-electron chi connectivity index (χ4n) is 2.99. The van der Waals surface area contributed by atoms with Crippen molar-refractivity contribution in [3.8, 4) is 0 Å². The number of carbonyl (C=O) groups is 2. The van der Waals surface area contributed by atoms with Crippen molar-refractivity contribution in [3.05, 3.63) is 23.3 Å².